The van der Waals surface area contributed by atoms with Crippen LogP contribution in [0.3, 0.4) is 0 Å². The van der Waals surface area contributed by atoms with Crippen molar-refractivity contribution >= 4 is 21.9 Å². The molecule has 21 heavy (non-hydrogen) atoms. The van der Waals surface area contributed by atoms with Crippen LogP contribution < -0.4 is 4.74 Å². The Morgan fingerprint density at radius 3 is 2.62 bits per heavy atom. The molecule has 0 spiro atoms. The van der Waals surface area contributed by atoms with E-state index in [0.717, 1.165) is 5.41 Å². The summed E-state index contributed by atoms with van der Waals surface area (Å²) in [5.41, 5.74) is 0.0583. The van der Waals surface area contributed by atoms with E-state index < -0.39 is 15.4 Å². The van der Waals surface area contributed by atoms with Gasteiger partial charge < -0.3 is 9.47 Å². The summed E-state index contributed by atoms with van der Waals surface area (Å²) in [6, 6.07) is 5.00. The van der Waals surface area contributed by atoms with Gasteiger partial charge in [0.15, 0.2) is 0 Å². The van der Waals surface area contributed by atoms with Gasteiger partial charge in [-0.25, -0.2) is 8.42 Å². The van der Waals surface area contributed by atoms with Gasteiger partial charge in [-0.1, -0.05) is 12.1 Å². The van der Waals surface area contributed by atoms with Crippen molar-refractivity contribution in [3.05, 3.63) is 29.2 Å². The van der Waals surface area contributed by atoms with E-state index in [1.807, 2.05) is 0 Å². The summed E-state index contributed by atoms with van der Waals surface area (Å²) in [5, 5.41) is 1.15. The first-order valence-corrected chi connectivity index (χ1v) is 8.14. The van der Waals surface area contributed by atoms with Gasteiger partial charge in [0, 0.05) is 5.41 Å². The van der Waals surface area contributed by atoms with Gasteiger partial charge in [0.05, 0.1) is 13.0 Å². The summed E-state index contributed by atoms with van der Waals surface area (Å²) >= 11 is 0. The summed E-state index contributed by atoms with van der Waals surface area (Å²) in [6.45, 7) is 5.43. The third kappa shape index (κ3) is 3.85. The van der Waals surface area contributed by atoms with Gasteiger partial charge in [0.2, 0.25) is 9.84 Å². The molecule has 1 heterocycles. The average molecular weight is 310 g/mol. The average Bonchev–Trinajstić information content (AvgIpc) is 2.64. The van der Waals surface area contributed by atoms with E-state index in [2.05, 4.69) is 0 Å². The highest BCUT2D eigenvalue weighted by Crippen LogP contribution is 2.34. The molecule has 0 radical (unpaired) electrons. The van der Waals surface area contributed by atoms with Crippen molar-refractivity contribution in [2.45, 2.75) is 37.7 Å². The van der Waals surface area contributed by atoms with Crippen LogP contribution in [-0.4, -0.2) is 26.6 Å². The van der Waals surface area contributed by atoms with Gasteiger partial charge in [0.25, 0.3) is 0 Å². The quantitative estimate of drug-likeness (QED) is 0.799. The molecule has 1 aliphatic rings. The molecule has 0 unspecified atom stereocenters. The SMILES string of the molecule is CC(C)(C)OC(=O)CCOc1cccc2c1S(=O)(=O)C=C2. The molecular formula is C15H18O5S. The van der Waals surface area contributed by atoms with Crippen molar-refractivity contribution in [3.8, 4) is 5.75 Å². The fourth-order valence-electron chi connectivity index (χ4n) is 1.95. The van der Waals surface area contributed by atoms with Crippen molar-refractivity contribution < 1.29 is 22.7 Å². The maximum absolute atomic E-state index is 11.9. The summed E-state index contributed by atoms with van der Waals surface area (Å²) in [7, 11) is -3.44. The lowest BCUT2D eigenvalue weighted by atomic mass is 10.2. The molecule has 0 aromatic heterocycles. The molecule has 114 valence electrons. The third-order valence-electron chi connectivity index (χ3n) is 2.70. The minimum atomic E-state index is -3.44. The van der Waals surface area contributed by atoms with Crippen LogP contribution in [0.2, 0.25) is 0 Å². The van der Waals surface area contributed by atoms with Gasteiger partial charge in [-0.15, -0.1) is 0 Å². The Balaban J connectivity index is 2.01. The van der Waals surface area contributed by atoms with E-state index in [4.69, 9.17) is 9.47 Å². The number of fused-ring (bicyclic) bond motifs is 1. The standard InChI is InChI=1S/C15H18O5S/c1-15(2,3)20-13(16)7-9-19-12-6-4-5-11-8-10-21(17,18)14(11)12/h4-6,8,10H,7,9H2,1-3H3. The van der Waals surface area contributed by atoms with Gasteiger partial charge in [-0.3, -0.25) is 4.79 Å². The summed E-state index contributed by atoms with van der Waals surface area (Å²) in [4.78, 5) is 11.7. The minimum absolute atomic E-state index is 0.0639. The van der Waals surface area contributed by atoms with Crippen molar-refractivity contribution in [1.82, 2.24) is 0 Å². The minimum Gasteiger partial charge on any atom is -0.492 e. The Bertz CT molecular complexity index is 681. The molecule has 0 fully saturated rings. The van der Waals surface area contributed by atoms with Crippen LogP contribution in [0.25, 0.3) is 6.08 Å². The highest BCUT2D eigenvalue weighted by molar-refractivity contribution is 7.95. The van der Waals surface area contributed by atoms with Crippen LogP contribution in [0, 0.1) is 0 Å². The van der Waals surface area contributed by atoms with Gasteiger partial charge in [-0.05, 0) is 38.5 Å². The van der Waals surface area contributed by atoms with E-state index in [0.29, 0.717) is 5.56 Å². The maximum Gasteiger partial charge on any atom is 0.309 e. The second kappa shape index (κ2) is 5.52. The van der Waals surface area contributed by atoms with Crippen LogP contribution in [0.4, 0.5) is 0 Å². The molecule has 0 amide bonds. The number of hydrogen-bond donors (Lipinski definition) is 0. The summed E-state index contributed by atoms with van der Waals surface area (Å²) in [5.74, 6) is -0.114. The normalized spacial score (nSPS) is 15.6. The molecule has 1 aliphatic heterocycles. The Hall–Kier alpha value is -1.82. The largest absolute Gasteiger partial charge is 0.492 e. The Morgan fingerprint density at radius 2 is 1.95 bits per heavy atom. The summed E-state index contributed by atoms with van der Waals surface area (Å²) < 4.78 is 34.4. The fourth-order valence-corrected chi connectivity index (χ4v) is 3.28. The zero-order valence-electron chi connectivity index (χ0n) is 12.3. The predicted molar refractivity (Wildman–Crippen MR) is 78.6 cm³/mol. The molecule has 0 atom stereocenters. The number of carbonyl (C=O) groups excluding carboxylic acids is 1. The maximum atomic E-state index is 11.9. The molecule has 2 rings (SSSR count). The van der Waals surface area contributed by atoms with Crippen LogP contribution in [0.5, 0.6) is 5.75 Å². The molecule has 0 bridgehead atoms. The van der Waals surface area contributed by atoms with Gasteiger partial charge in [-0.2, -0.15) is 0 Å². The summed E-state index contributed by atoms with van der Waals surface area (Å²) in [6.07, 6.45) is 1.60. The highest BCUT2D eigenvalue weighted by Gasteiger charge is 2.25. The van der Waals surface area contributed by atoms with Crippen LogP contribution in [0.1, 0.15) is 32.8 Å². The van der Waals surface area contributed by atoms with Crippen molar-refractivity contribution in [3.63, 3.8) is 0 Å². The van der Waals surface area contributed by atoms with Crippen LogP contribution in [-0.2, 0) is 19.4 Å². The van der Waals surface area contributed by atoms with E-state index in [9.17, 15) is 13.2 Å². The lowest BCUT2D eigenvalue weighted by Crippen LogP contribution is -2.24. The first-order valence-electron chi connectivity index (χ1n) is 6.60. The van der Waals surface area contributed by atoms with E-state index in [1.54, 1.807) is 39.0 Å². The van der Waals surface area contributed by atoms with Gasteiger partial charge >= 0.3 is 5.97 Å². The highest BCUT2D eigenvalue weighted by atomic mass is 32.2. The van der Waals surface area contributed by atoms with E-state index in [1.165, 1.54) is 6.08 Å². The topological polar surface area (TPSA) is 69.7 Å². The second-order valence-corrected chi connectivity index (χ2v) is 7.48. The van der Waals surface area contributed by atoms with E-state index in [-0.39, 0.29) is 29.6 Å². The lowest BCUT2D eigenvalue weighted by Gasteiger charge is -2.19. The molecule has 6 heteroatoms. The number of sulfone groups is 1. The zero-order valence-corrected chi connectivity index (χ0v) is 13.1. The molecule has 1 aromatic rings. The Kier molecular flexibility index (Phi) is 4.09. The van der Waals surface area contributed by atoms with Gasteiger partial charge in [0.1, 0.15) is 16.2 Å². The molecule has 0 aliphatic carbocycles. The number of carbonyl (C=O) groups is 1. The van der Waals surface area contributed by atoms with E-state index >= 15 is 0 Å². The first-order chi connectivity index (χ1) is 9.69. The fraction of sp³-hybridized carbons (Fsp3) is 0.400. The van der Waals surface area contributed by atoms with Crippen LogP contribution in [0.15, 0.2) is 28.5 Å². The third-order valence-corrected chi connectivity index (χ3v) is 4.20. The number of ether oxygens (including phenoxy) is 2. The number of esters is 1. The van der Waals surface area contributed by atoms with Crippen molar-refractivity contribution in [2.24, 2.45) is 0 Å². The Morgan fingerprint density at radius 1 is 1.24 bits per heavy atom. The Labute approximate surface area is 124 Å². The molecule has 0 saturated carbocycles. The van der Waals surface area contributed by atoms with Crippen molar-refractivity contribution in [1.29, 1.82) is 0 Å². The number of benzene rings is 1. The molecule has 5 nitrogen and oxygen atoms in total. The molecule has 0 N–H and O–H groups in total. The number of hydrogen-bond acceptors (Lipinski definition) is 5. The monoisotopic (exact) mass is 310 g/mol. The van der Waals surface area contributed by atoms with Crippen LogP contribution >= 0.6 is 0 Å². The predicted octanol–water partition coefficient (Wildman–Crippen LogP) is 2.56. The zero-order chi connectivity index (χ0) is 15.7. The second-order valence-electron chi connectivity index (χ2n) is 5.71. The number of rotatable bonds is 4. The van der Waals surface area contributed by atoms with Crippen molar-refractivity contribution in [2.75, 3.05) is 6.61 Å². The smallest absolute Gasteiger partial charge is 0.309 e. The first kappa shape index (κ1) is 15.6. The molecular weight excluding hydrogens is 292 g/mol. The molecule has 1 aromatic carbocycles. The molecule has 0 saturated heterocycles. The lowest BCUT2D eigenvalue weighted by molar-refractivity contribution is -0.155.